The van der Waals surface area contributed by atoms with Crippen molar-refractivity contribution in [1.82, 2.24) is 19.4 Å². The molecule has 3 amide bonds. The van der Waals surface area contributed by atoms with E-state index in [0.717, 1.165) is 30.0 Å². The number of benzene rings is 1. The summed E-state index contributed by atoms with van der Waals surface area (Å²) in [7, 11) is 0. The highest BCUT2D eigenvalue weighted by Gasteiger charge is 2.42. The van der Waals surface area contributed by atoms with Crippen LogP contribution in [0.2, 0.25) is 0 Å². The molecule has 2 fully saturated rings. The maximum Gasteiger partial charge on any atom is 0.417 e. The van der Waals surface area contributed by atoms with Gasteiger partial charge >= 0.3 is 12.2 Å². The predicted octanol–water partition coefficient (Wildman–Crippen LogP) is 6.51. The van der Waals surface area contributed by atoms with Gasteiger partial charge < -0.3 is 14.0 Å². The fraction of sp³-hybridized carbons (Fsp3) is 0.500. The Balaban J connectivity index is 1.34. The monoisotopic (exact) mass is 601 g/mol. The molecule has 5 rings (SSSR count). The number of amides is 3. The van der Waals surface area contributed by atoms with Crippen molar-refractivity contribution in [2.45, 2.75) is 96.2 Å². The summed E-state index contributed by atoms with van der Waals surface area (Å²) in [6, 6.07) is 12.9. The van der Waals surface area contributed by atoms with E-state index in [1.54, 1.807) is 39.4 Å². The van der Waals surface area contributed by atoms with Gasteiger partial charge in [0, 0.05) is 18.9 Å². The molecule has 1 saturated carbocycles. The number of rotatable bonds is 10. The van der Waals surface area contributed by atoms with Crippen molar-refractivity contribution in [2.75, 3.05) is 11.9 Å². The Morgan fingerprint density at radius 1 is 1.05 bits per heavy atom. The zero-order valence-electron chi connectivity index (χ0n) is 25.9. The molecule has 3 heterocycles. The fourth-order valence-corrected chi connectivity index (χ4v) is 6.00. The van der Waals surface area contributed by atoms with E-state index < -0.39 is 29.7 Å². The van der Waals surface area contributed by atoms with Crippen LogP contribution in [0, 0.1) is 5.92 Å². The lowest BCUT2D eigenvalue weighted by Gasteiger charge is -2.24. The van der Waals surface area contributed by atoms with Gasteiger partial charge in [0.1, 0.15) is 18.0 Å². The number of imide groups is 1. The van der Waals surface area contributed by atoms with Gasteiger partial charge in [0.15, 0.2) is 0 Å². The van der Waals surface area contributed by atoms with Crippen molar-refractivity contribution in [3.63, 3.8) is 0 Å². The first-order chi connectivity index (χ1) is 21.1. The average molecular weight is 602 g/mol. The molecule has 0 unspecified atom stereocenters. The van der Waals surface area contributed by atoms with Crippen LogP contribution in [0.25, 0.3) is 0 Å². The number of ether oxygens (including phenoxy) is 2. The molecule has 0 radical (unpaired) electrons. The summed E-state index contributed by atoms with van der Waals surface area (Å²) in [5.41, 5.74) is 1.76. The van der Waals surface area contributed by atoms with Crippen LogP contribution in [-0.2, 0) is 33.7 Å². The van der Waals surface area contributed by atoms with Crippen molar-refractivity contribution >= 4 is 23.9 Å². The largest absolute Gasteiger partial charge is 0.447 e. The van der Waals surface area contributed by atoms with Gasteiger partial charge in [-0.05, 0) is 63.1 Å². The van der Waals surface area contributed by atoms with E-state index >= 15 is 0 Å². The minimum absolute atomic E-state index is 0.147. The van der Waals surface area contributed by atoms with Crippen molar-refractivity contribution in [2.24, 2.45) is 5.92 Å². The number of carbonyl (C=O) groups excluding carboxylic acids is 3. The highest BCUT2D eigenvalue weighted by molar-refractivity contribution is 5.97. The molecule has 1 aliphatic carbocycles. The normalized spacial score (nSPS) is 18.1. The quantitative estimate of drug-likeness (QED) is 0.282. The molecule has 2 aromatic heterocycles. The van der Waals surface area contributed by atoms with Crippen LogP contribution in [0.4, 0.5) is 15.4 Å². The number of pyridine rings is 1. The van der Waals surface area contributed by atoms with Gasteiger partial charge in [-0.15, -0.1) is 0 Å². The molecule has 2 aliphatic rings. The number of nitrogens with zero attached hydrogens (tertiary/aromatic N) is 4. The second-order valence-electron chi connectivity index (χ2n) is 12.9. The summed E-state index contributed by atoms with van der Waals surface area (Å²) in [4.78, 5) is 49.6. The van der Waals surface area contributed by atoms with Crippen LogP contribution in [0.3, 0.4) is 0 Å². The summed E-state index contributed by atoms with van der Waals surface area (Å²) in [6.45, 7) is 6.36. The van der Waals surface area contributed by atoms with Gasteiger partial charge in [-0.1, -0.05) is 68.5 Å². The standard InChI is InChI=1S/C34H43N5O5/c1-34(2,3)44-32(41)37-30-15-14-26(20-35-30)19-28(29-21-38(23-36-29)17-16-24-10-6-4-7-11-24)31(40)39-27(22-43-33(39)42)18-25-12-8-5-9-13-25/h5,8-9,12-15,20-21,23-24,27-28H,4,6-7,10-11,16-19,22H2,1-3H3,(H,35,37,41)/t27-,28-/m1/s1. The second kappa shape index (κ2) is 14.1. The van der Waals surface area contributed by atoms with Crippen molar-refractivity contribution in [3.8, 4) is 0 Å². The summed E-state index contributed by atoms with van der Waals surface area (Å²) < 4.78 is 12.7. The van der Waals surface area contributed by atoms with Gasteiger partial charge in [-0.3, -0.25) is 10.1 Å². The molecule has 10 nitrogen and oxygen atoms in total. The third-order valence-electron chi connectivity index (χ3n) is 8.23. The van der Waals surface area contributed by atoms with Crippen LogP contribution in [0.5, 0.6) is 0 Å². The Morgan fingerprint density at radius 2 is 1.82 bits per heavy atom. The van der Waals surface area contributed by atoms with Gasteiger partial charge in [0.2, 0.25) is 5.91 Å². The first kappa shape index (κ1) is 31.2. The molecular weight excluding hydrogens is 558 g/mol. The summed E-state index contributed by atoms with van der Waals surface area (Å²) in [5, 5.41) is 2.63. The Morgan fingerprint density at radius 3 is 2.52 bits per heavy atom. The average Bonchev–Trinajstić information content (AvgIpc) is 3.61. The number of anilines is 1. The number of hydrogen-bond acceptors (Lipinski definition) is 7. The van der Waals surface area contributed by atoms with E-state index in [1.807, 2.05) is 42.6 Å². The van der Waals surface area contributed by atoms with Crippen molar-refractivity contribution in [1.29, 1.82) is 0 Å². The maximum atomic E-state index is 14.2. The molecule has 0 bridgehead atoms. The van der Waals surface area contributed by atoms with E-state index in [1.165, 1.54) is 37.0 Å². The number of cyclic esters (lactones) is 1. The van der Waals surface area contributed by atoms with E-state index in [-0.39, 0.29) is 18.9 Å². The van der Waals surface area contributed by atoms with Gasteiger partial charge in [0.05, 0.1) is 24.0 Å². The lowest BCUT2D eigenvalue weighted by Crippen LogP contribution is -2.43. The SMILES string of the molecule is CC(C)(C)OC(=O)Nc1ccc(C[C@@H](C(=O)N2C(=O)OC[C@H]2Cc2ccccc2)c2cn(CCC3CCCCC3)cn2)cn1. The molecule has 234 valence electrons. The smallest absolute Gasteiger partial charge is 0.417 e. The molecule has 2 atom stereocenters. The molecule has 1 saturated heterocycles. The number of nitrogens with one attached hydrogen (secondary N) is 1. The van der Waals surface area contributed by atoms with Crippen LogP contribution >= 0.6 is 0 Å². The summed E-state index contributed by atoms with van der Waals surface area (Å²) >= 11 is 0. The van der Waals surface area contributed by atoms with E-state index in [0.29, 0.717) is 17.9 Å². The Hall–Kier alpha value is -4.21. The molecule has 1 N–H and O–H groups in total. The third-order valence-corrected chi connectivity index (χ3v) is 8.23. The highest BCUT2D eigenvalue weighted by atomic mass is 16.6. The number of aromatic nitrogens is 3. The number of carbonyl (C=O) groups is 3. The molecule has 44 heavy (non-hydrogen) atoms. The van der Waals surface area contributed by atoms with Crippen molar-refractivity contribution < 1.29 is 23.9 Å². The fourth-order valence-electron chi connectivity index (χ4n) is 6.00. The molecule has 3 aromatic rings. The summed E-state index contributed by atoms with van der Waals surface area (Å²) in [5.74, 6) is -0.00354. The van der Waals surface area contributed by atoms with Gasteiger partial charge in [-0.25, -0.2) is 24.5 Å². The van der Waals surface area contributed by atoms with E-state index in [9.17, 15) is 14.4 Å². The van der Waals surface area contributed by atoms with Gasteiger partial charge in [-0.2, -0.15) is 0 Å². The minimum Gasteiger partial charge on any atom is -0.447 e. The molecule has 1 aliphatic heterocycles. The second-order valence-corrected chi connectivity index (χ2v) is 12.9. The maximum absolute atomic E-state index is 14.2. The van der Waals surface area contributed by atoms with E-state index in [2.05, 4.69) is 19.9 Å². The summed E-state index contributed by atoms with van der Waals surface area (Å²) in [6.07, 6.45) is 12.5. The Bertz CT molecular complexity index is 1410. The number of imidazole rings is 1. The molecular formula is C34H43N5O5. The third kappa shape index (κ3) is 8.45. The van der Waals surface area contributed by atoms with E-state index in [4.69, 9.17) is 9.47 Å². The Kier molecular flexibility index (Phi) is 9.97. The number of hydrogen-bond donors (Lipinski definition) is 1. The zero-order chi connectivity index (χ0) is 31.1. The Labute approximate surface area is 259 Å². The molecule has 1 aromatic carbocycles. The van der Waals surface area contributed by atoms with Gasteiger partial charge in [0.25, 0.3) is 0 Å². The zero-order valence-corrected chi connectivity index (χ0v) is 25.9. The lowest BCUT2D eigenvalue weighted by atomic mass is 9.87. The van der Waals surface area contributed by atoms with Crippen molar-refractivity contribution in [3.05, 3.63) is 78.0 Å². The topological polar surface area (TPSA) is 116 Å². The first-order valence-electron chi connectivity index (χ1n) is 15.6. The van der Waals surface area contributed by atoms with Crippen LogP contribution in [-0.4, -0.2) is 55.8 Å². The lowest BCUT2D eigenvalue weighted by molar-refractivity contribution is -0.130. The first-order valence-corrected chi connectivity index (χ1v) is 15.6. The molecule has 0 spiro atoms. The van der Waals surface area contributed by atoms with Crippen LogP contribution in [0.1, 0.15) is 82.0 Å². The molecule has 10 heteroatoms. The predicted molar refractivity (Wildman–Crippen MR) is 166 cm³/mol. The highest BCUT2D eigenvalue weighted by Crippen LogP contribution is 2.29. The van der Waals surface area contributed by atoms with Crippen LogP contribution < -0.4 is 5.32 Å². The minimum atomic E-state index is -0.721. The number of aryl methyl sites for hydroxylation is 1. The van der Waals surface area contributed by atoms with Crippen LogP contribution in [0.15, 0.2) is 61.2 Å².